The smallest absolute Gasteiger partial charge is 0.325 e. The fourth-order valence-corrected chi connectivity index (χ4v) is 3.65. The number of amides is 1. The lowest BCUT2D eigenvalue weighted by Gasteiger charge is -2.22. The van der Waals surface area contributed by atoms with Crippen LogP contribution in [0.3, 0.4) is 0 Å². The fourth-order valence-electron chi connectivity index (χ4n) is 2.01. The molecule has 1 aliphatic heterocycles. The van der Waals surface area contributed by atoms with Gasteiger partial charge in [0.25, 0.3) is 5.91 Å². The molecule has 0 radical (unpaired) electrons. The van der Waals surface area contributed by atoms with E-state index in [-0.39, 0.29) is 17.2 Å². The molecule has 2 heterocycles. The molecule has 1 atom stereocenters. The number of carbonyl (C=O) groups excluding carboxylic acids is 1. The van der Waals surface area contributed by atoms with Gasteiger partial charge in [-0.15, -0.1) is 5.10 Å². The summed E-state index contributed by atoms with van der Waals surface area (Å²) in [5.41, 5.74) is -0.0331. The minimum atomic E-state index is -3.10. The summed E-state index contributed by atoms with van der Waals surface area (Å²) >= 11 is 0. The zero-order chi connectivity index (χ0) is 14.8. The Balaban J connectivity index is 1.98. The molecular formula is C10H14N4O5S. The molecule has 20 heavy (non-hydrogen) atoms. The van der Waals surface area contributed by atoms with Gasteiger partial charge >= 0.3 is 5.97 Å². The first-order valence-electron chi connectivity index (χ1n) is 5.99. The SMILES string of the molecule is O=C(O)Cn1cc(C(=O)NC2CCCS(=O)(=O)C2)nn1. The normalized spacial score (nSPS) is 21.3. The summed E-state index contributed by atoms with van der Waals surface area (Å²) in [6.45, 7) is -0.391. The molecule has 1 fully saturated rings. The van der Waals surface area contributed by atoms with Crippen LogP contribution in [0.5, 0.6) is 0 Å². The van der Waals surface area contributed by atoms with Gasteiger partial charge in [-0.1, -0.05) is 5.21 Å². The van der Waals surface area contributed by atoms with Crippen LogP contribution in [0.25, 0.3) is 0 Å². The van der Waals surface area contributed by atoms with Gasteiger partial charge in [0, 0.05) is 6.04 Å². The van der Waals surface area contributed by atoms with Crippen molar-refractivity contribution in [1.29, 1.82) is 0 Å². The zero-order valence-corrected chi connectivity index (χ0v) is 11.3. The monoisotopic (exact) mass is 302 g/mol. The summed E-state index contributed by atoms with van der Waals surface area (Å²) in [5.74, 6) is -1.58. The number of aliphatic carboxylic acids is 1. The molecule has 0 aliphatic carbocycles. The maximum atomic E-state index is 11.9. The Hall–Kier alpha value is -1.97. The lowest BCUT2D eigenvalue weighted by atomic mass is 10.2. The van der Waals surface area contributed by atoms with Crippen LogP contribution >= 0.6 is 0 Å². The molecule has 1 unspecified atom stereocenters. The molecule has 2 N–H and O–H groups in total. The van der Waals surface area contributed by atoms with Gasteiger partial charge in [0.2, 0.25) is 0 Å². The van der Waals surface area contributed by atoms with Crippen LogP contribution in [0.15, 0.2) is 6.20 Å². The second-order valence-corrected chi connectivity index (χ2v) is 6.85. The van der Waals surface area contributed by atoms with Crippen molar-refractivity contribution in [3.8, 4) is 0 Å². The number of rotatable bonds is 4. The zero-order valence-electron chi connectivity index (χ0n) is 10.5. The van der Waals surface area contributed by atoms with E-state index in [0.717, 1.165) is 4.68 Å². The summed E-state index contributed by atoms with van der Waals surface area (Å²) in [6.07, 6.45) is 2.31. The van der Waals surface area contributed by atoms with Crippen LogP contribution in [0.1, 0.15) is 23.3 Å². The molecule has 0 bridgehead atoms. The third-order valence-electron chi connectivity index (χ3n) is 2.87. The summed E-state index contributed by atoms with van der Waals surface area (Å²) in [7, 11) is -3.10. The highest BCUT2D eigenvalue weighted by Gasteiger charge is 2.26. The highest BCUT2D eigenvalue weighted by molar-refractivity contribution is 7.91. The van der Waals surface area contributed by atoms with Crippen LogP contribution in [0.4, 0.5) is 0 Å². The number of carboxylic acids is 1. The van der Waals surface area contributed by atoms with Crippen LogP contribution in [-0.4, -0.2) is 57.9 Å². The van der Waals surface area contributed by atoms with Gasteiger partial charge in [0.15, 0.2) is 15.5 Å². The standard InChI is InChI=1S/C10H14N4O5S/c15-9(16)5-14-4-8(12-13-14)10(17)11-7-2-1-3-20(18,19)6-7/h4,7H,1-3,5-6H2,(H,11,17)(H,15,16). The summed E-state index contributed by atoms with van der Waals surface area (Å²) in [6, 6.07) is -0.439. The van der Waals surface area contributed by atoms with Crippen LogP contribution < -0.4 is 5.32 Å². The Labute approximate surface area is 114 Å². The molecular weight excluding hydrogens is 288 g/mol. The van der Waals surface area contributed by atoms with Crippen LogP contribution in [-0.2, 0) is 21.2 Å². The summed E-state index contributed by atoms with van der Waals surface area (Å²) < 4.78 is 23.9. The molecule has 0 saturated carbocycles. The van der Waals surface area contributed by atoms with Gasteiger partial charge in [-0.05, 0) is 12.8 Å². The number of sulfone groups is 1. The minimum absolute atomic E-state index is 0.0331. The van der Waals surface area contributed by atoms with Crippen molar-refractivity contribution in [3.63, 3.8) is 0 Å². The minimum Gasteiger partial charge on any atom is -0.480 e. The van der Waals surface area contributed by atoms with Crippen molar-refractivity contribution in [2.75, 3.05) is 11.5 Å². The number of hydrogen-bond acceptors (Lipinski definition) is 6. The third kappa shape index (κ3) is 3.76. The van der Waals surface area contributed by atoms with E-state index < -0.39 is 34.3 Å². The first-order valence-corrected chi connectivity index (χ1v) is 7.81. The van der Waals surface area contributed by atoms with Gasteiger partial charge in [-0.3, -0.25) is 9.59 Å². The molecule has 1 aromatic rings. The molecule has 9 nitrogen and oxygen atoms in total. The Kier molecular flexibility index (Phi) is 4.02. The lowest BCUT2D eigenvalue weighted by molar-refractivity contribution is -0.137. The molecule has 0 spiro atoms. The first kappa shape index (κ1) is 14.4. The van der Waals surface area contributed by atoms with E-state index in [1.807, 2.05) is 0 Å². The molecule has 110 valence electrons. The van der Waals surface area contributed by atoms with E-state index in [1.165, 1.54) is 6.20 Å². The van der Waals surface area contributed by atoms with Gasteiger partial charge in [0.05, 0.1) is 17.7 Å². The van der Waals surface area contributed by atoms with E-state index in [0.29, 0.717) is 12.8 Å². The van der Waals surface area contributed by atoms with Crippen molar-refractivity contribution < 1.29 is 23.1 Å². The Bertz CT molecular complexity index is 623. The van der Waals surface area contributed by atoms with E-state index in [4.69, 9.17) is 5.11 Å². The predicted octanol–water partition coefficient (Wildman–Crippen LogP) is -1.33. The highest BCUT2D eigenvalue weighted by atomic mass is 32.2. The number of carboxylic acid groups (broad SMARTS) is 1. The maximum Gasteiger partial charge on any atom is 0.325 e. The topological polar surface area (TPSA) is 131 Å². The molecule has 1 aromatic heterocycles. The number of nitrogens with zero attached hydrogens (tertiary/aromatic N) is 3. The molecule has 1 aliphatic rings. The molecule has 2 rings (SSSR count). The fraction of sp³-hybridized carbons (Fsp3) is 0.600. The van der Waals surface area contributed by atoms with Crippen LogP contribution in [0.2, 0.25) is 0 Å². The van der Waals surface area contributed by atoms with Crippen molar-refractivity contribution in [1.82, 2.24) is 20.3 Å². The largest absolute Gasteiger partial charge is 0.480 e. The quantitative estimate of drug-likeness (QED) is 0.704. The van der Waals surface area contributed by atoms with Crippen molar-refractivity contribution in [2.45, 2.75) is 25.4 Å². The number of carbonyl (C=O) groups is 2. The Morgan fingerprint density at radius 2 is 2.25 bits per heavy atom. The first-order chi connectivity index (χ1) is 9.35. The molecule has 1 saturated heterocycles. The Morgan fingerprint density at radius 1 is 1.50 bits per heavy atom. The highest BCUT2D eigenvalue weighted by Crippen LogP contribution is 2.12. The van der Waals surface area contributed by atoms with Crippen molar-refractivity contribution in [3.05, 3.63) is 11.9 Å². The lowest BCUT2D eigenvalue weighted by Crippen LogP contribution is -2.43. The number of aromatic nitrogens is 3. The van der Waals surface area contributed by atoms with Gasteiger partial charge in [0.1, 0.15) is 6.54 Å². The van der Waals surface area contributed by atoms with E-state index >= 15 is 0 Å². The van der Waals surface area contributed by atoms with E-state index in [9.17, 15) is 18.0 Å². The molecule has 10 heteroatoms. The number of hydrogen-bond donors (Lipinski definition) is 2. The van der Waals surface area contributed by atoms with E-state index in [2.05, 4.69) is 15.6 Å². The summed E-state index contributed by atoms with van der Waals surface area (Å²) in [4.78, 5) is 22.3. The van der Waals surface area contributed by atoms with Gasteiger partial charge in [-0.2, -0.15) is 0 Å². The predicted molar refractivity (Wildman–Crippen MR) is 66.8 cm³/mol. The second-order valence-electron chi connectivity index (χ2n) is 4.62. The van der Waals surface area contributed by atoms with Crippen molar-refractivity contribution >= 4 is 21.7 Å². The number of nitrogens with one attached hydrogen (secondary N) is 1. The second kappa shape index (κ2) is 5.57. The molecule has 1 amide bonds. The van der Waals surface area contributed by atoms with E-state index in [1.54, 1.807) is 0 Å². The molecule has 0 aromatic carbocycles. The third-order valence-corrected chi connectivity index (χ3v) is 4.69. The average Bonchev–Trinajstić information content (AvgIpc) is 2.75. The maximum absolute atomic E-state index is 11.9. The Morgan fingerprint density at radius 3 is 2.90 bits per heavy atom. The summed E-state index contributed by atoms with van der Waals surface area (Å²) in [5, 5.41) is 18.2. The van der Waals surface area contributed by atoms with Crippen molar-refractivity contribution in [2.24, 2.45) is 0 Å². The van der Waals surface area contributed by atoms with Gasteiger partial charge < -0.3 is 10.4 Å². The van der Waals surface area contributed by atoms with Crippen LogP contribution in [0, 0.1) is 0 Å². The average molecular weight is 302 g/mol. The van der Waals surface area contributed by atoms with Gasteiger partial charge in [-0.25, -0.2) is 13.1 Å².